The lowest BCUT2D eigenvalue weighted by molar-refractivity contribution is 0.186. The Kier molecular flexibility index (Phi) is 1.36. The molecule has 1 aromatic carbocycles. The topological polar surface area (TPSA) is 40.5 Å². The van der Waals surface area contributed by atoms with Crippen molar-refractivity contribution in [2.24, 2.45) is 0 Å². The van der Waals surface area contributed by atoms with Gasteiger partial charge in [0.25, 0.3) is 0 Å². The zero-order valence-electron chi connectivity index (χ0n) is 5.91. The molecule has 0 spiro atoms. The number of phenolic OH excluding ortho intramolecular Hbond substituents is 1. The zero-order valence-corrected chi connectivity index (χ0v) is 5.91. The van der Waals surface area contributed by atoms with E-state index in [1.54, 1.807) is 18.2 Å². The Morgan fingerprint density at radius 1 is 1.45 bits per heavy atom. The van der Waals surface area contributed by atoms with Crippen LogP contribution in [0.15, 0.2) is 18.2 Å². The van der Waals surface area contributed by atoms with Crippen molar-refractivity contribution in [3.05, 3.63) is 35.7 Å². The van der Waals surface area contributed by atoms with Gasteiger partial charge in [0.1, 0.15) is 5.75 Å². The normalized spacial score (nSPS) is 21.7. The minimum atomic E-state index is -0.475. The van der Waals surface area contributed by atoms with Crippen LogP contribution in [0.25, 0.3) is 0 Å². The number of aliphatic hydroxyl groups excluding tert-OH is 1. The van der Waals surface area contributed by atoms with Gasteiger partial charge in [-0.15, -0.1) is 0 Å². The molecule has 2 heteroatoms. The molecule has 0 saturated heterocycles. The van der Waals surface area contributed by atoms with E-state index in [9.17, 15) is 5.11 Å². The number of rotatable bonds is 0. The van der Waals surface area contributed by atoms with Crippen LogP contribution in [-0.4, -0.2) is 10.2 Å². The van der Waals surface area contributed by atoms with Crippen molar-refractivity contribution in [3.8, 4) is 5.75 Å². The minimum Gasteiger partial charge on any atom is -0.508 e. The van der Waals surface area contributed by atoms with E-state index in [1.807, 2.05) is 0 Å². The standard InChI is InChI=1S/C9H8O2/c10-7-3-1-6-2-4-9(11)8(6)5-7/h1,3,5,9-11H,4H2. The number of hydrogen-bond acceptors (Lipinski definition) is 2. The van der Waals surface area contributed by atoms with Gasteiger partial charge in [-0.05, 0) is 29.7 Å². The van der Waals surface area contributed by atoms with Crippen molar-refractivity contribution in [3.63, 3.8) is 0 Å². The van der Waals surface area contributed by atoms with Crippen LogP contribution in [0.4, 0.5) is 0 Å². The second-order valence-electron chi connectivity index (χ2n) is 2.67. The lowest BCUT2D eigenvalue weighted by Gasteiger charge is -2.02. The van der Waals surface area contributed by atoms with Gasteiger partial charge in [-0.25, -0.2) is 0 Å². The second-order valence-corrected chi connectivity index (χ2v) is 2.67. The molecular formula is C9H8O2. The van der Waals surface area contributed by atoms with Crippen LogP contribution >= 0.6 is 0 Å². The Balaban J connectivity index is 2.52. The van der Waals surface area contributed by atoms with Crippen molar-refractivity contribution in [2.75, 3.05) is 0 Å². The summed E-state index contributed by atoms with van der Waals surface area (Å²) in [7, 11) is 0. The van der Waals surface area contributed by atoms with Crippen LogP contribution in [0.5, 0.6) is 5.75 Å². The number of benzene rings is 1. The smallest absolute Gasteiger partial charge is 0.115 e. The van der Waals surface area contributed by atoms with Gasteiger partial charge in [0.2, 0.25) is 0 Å². The van der Waals surface area contributed by atoms with Crippen molar-refractivity contribution in [1.29, 1.82) is 0 Å². The molecule has 0 aliphatic heterocycles. The molecule has 0 aromatic heterocycles. The molecule has 1 aliphatic carbocycles. The molecule has 2 N–H and O–H groups in total. The fourth-order valence-corrected chi connectivity index (χ4v) is 1.30. The molecular weight excluding hydrogens is 140 g/mol. The van der Waals surface area contributed by atoms with Gasteiger partial charge in [0.15, 0.2) is 0 Å². The van der Waals surface area contributed by atoms with Gasteiger partial charge in [0.05, 0.1) is 6.10 Å². The number of aromatic hydroxyl groups is 1. The predicted octanol–water partition coefficient (Wildman–Crippen LogP) is 1.26. The average molecular weight is 148 g/mol. The highest BCUT2D eigenvalue weighted by Crippen LogP contribution is 2.34. The summed E-state index contributed by atoms with van der Waals surface area (Å²) in [4.78, 5) is 0. The average Bonchev–Trinajstić information content (AvgIpc) is 2.33. The number of phenols is 1. The van der Waals surface area contributed by atoms with Gasteiger partial charge in [-0.3, -0.25) is 0 Å². The van der Waals surface area contributed by atoms with E-state index in [1.165, 1.54) is 0 Å². The van der Waals surface area contributed by atoms with Gasteiger partial charge in [-0.1, -0.05) is 6.07 Å². The maximum Gasteiger partial charge on any atom is 0.115 e. The summed E-state index contributed by atoms with van der Waals surface area (Å²) in [6.07, 6.45) is 3.08. The first kappa shape index (κ1) is 6.68. The molecule has 0 heterocycles. The van der Waals surface area contributed by atoms with Crippen molar-refractivity contribution < 1.29 is 10.2 Å². The highest BCUT2D eigenvalue weighted by Gasteiger charge is 2.20. The van der Waals surface area contributed by atoms with Crippen LogP contribution in [0.2, 0.25) is 0 Å². The molecule has 1 atom stereocenters. The van der Waals surface area contributed by atoms with Crippen LogP contribution < -0.4 is 0 Å². The molecule has 0 amide bonds. The Bertz CT molecular complexity index is 281. The molecule has 1 aromatic rings. The van der Waals surface area contributed by atoms with E-state index in [-0.39, 0.29) is 5.75 Å². The molecule has 1 aliphatic rings. The highest BCUT2D eigenvalue weighted by atomic mass is 16.3. The van der Waals surface area contributed by atoms with Crippen molar-refractivity contribution in [2.45, 2.75) is 12.5 Å². The van der Waals surface area contributed by atoms with Crippen molar-refractivity contribution >= 4 is 0 Å². The molecule has 0 bridgehead atoms. The predicted molar refractivity (Wildman–Crippen MR) is 40.0 cm³/mol. The SMILES string of the molecule is Oc1ccc2c(c1)C(O)C[C]2. The molecule has 0 fully saturated rings. The summed E-state index contributed by atoms with van der Waals surface area (Å²) in [6, 6.07) is 4.95. The third kappa shape index (κ3) is 0.994. The first-order chi connectivity index (χ1) is 5.27. The van der Waals surface area contributed by atoms with E-state index in [0.29, 0.717) is 6.42 Å². The van der Waals surface area contributed by atoms with E-state index in [4.69, 9.17) is 5.11 Å². The van der Waals surface area contributed by atoms with Crippen molar-refractivity contribution in [1.82, 2.24) is 0 Å². The lowest BCUT2D eigenvalue weighted by Crippen LogP contribution is -1.88. The van der Waals surface area contributed by atoms with Crippen LogP contribution in [-0.2, 0) is 0 Å². The fraction of sp³-hybridized carbons (Fsp3) is 0.222. The summed E-state index contributed by atoms with van der Waals surface area (Å²) in [5.74, 6) is 0.200. The molecule has 2 radical (unpaired) electrons. The molecule has 2 rings (SSSR count). The van der Waals surface area contributed by atoms with E-state index < -0.39 is 6.10 Å². The maximum atomic E-state index is 9.33. The number of aliphatic hydroxyl groups is 1. The quantitative estimate of drug-likeness (QED) is 0.581. The summed E-state index contributed by atoms with van der Waals surface area (Å²) in [5, 5.41) is 18.4. The molecule has 2 nitrogen and oxygen atoms in total. The molecule has 1 unspecified atom stereocenters. The Morgan fingerprint density at radius 2 is 2.27 bits per heavy atom. The summed E-state index contributed by atoms with van der Waals surface area (Å²) >= 11 is 0. The third-order valence-electron chi connectivity index (χ3n) is 1.88. The minimum absolute atomic E-state index is 0.200. The maximum absolute atomic E-state index is 9.33. The molecule has 11 heavy (non-hydrogen) atoms. The molecule has 0 saturated carbocycles. The first-order valence-electron chi connectivity index (χ1n) is 3.52. The Morgan fingerprint density at radius 3 is 3.09 bits per heavy atom. The largest absolute Gasteiger partial charge is 0.508 e. The Labute approximate surface area is 65.1 Å². The lowest BCUT2D eigenvalue weighted by atomic mass is 10.1. The van der Waals surface area contributed by atoms with Gasteiger partial charge in [0, 0.05) is 6.42 Å². The fourth-order valence-electron chi connectivity index (χ4n) is 1.30. The van der Waals surface area contributed by atoms with E-state index >= 15 is 0 Å². The first-order valence-corrected chi connectivity index (χ1v) is 3.52. The second kappa shape index (κ2) is 2.24. The number of fused-ring (bicyclic) bond motifs is 1. The number of hydrogen-bond donors (Lipinski definition) is 2. The summed E-state index contributed by atoms with van der Waals surface area (Å²) in [5.41, 5.74) is 1.69. The Hall–Kier alpha value is -1.02. The van der Waals surface area contributed by atoms with Crippen LogP contribution in [0, 0.1) is 6.42 Å². The van der Waals surface area contributed by atoms with Crippen LogP contribution in [0.1, 0.15) is 23.7 Å². The third-order valence-corrected chi connectivity index (χ3v) is 1.88. The van der Waals surface area contributed by atoms with E-state index in [0.717, 1.165) is 11.1 Å². The van der Waals surface area contributed by atoms with E-state index in [2.05, 4.69) is 6.42 Å². The van der Waals surface area contributed by atoms with Gasteiger partial charge < -0.3 is 10.2 Å². The summed E-state index contributed by atoms with van der Waals surface area (Å²) in [6.45, 7) is 0. The highest BCUT2D eigenvalue weighted by molar-refractivity contribution is 5.44. The van der Waals surface area contributed by atoms with Crippen LogP contribution in [0.3, 0.4) is 0 Å². The summed E-state index contributed by atoms with van der Waals surface area (Å²) < 4.78 is 0. The van der Waals surface area contributed by atoms with Gasteiger partial charge >= 0.3 is 0 Å². The molecule has 56 valence electrons. The zero-order chi connectivity index (χ0) is 7.84. The van der Waals surface area contributed by atoms with Gasteiger partial charge in [-0.2, -0.15) is 0 Å². The monoisotopic (exact) mass is 148 g/mol.